The monoisotopic (exact) mass is 499 g/mol. The fourth-order valence-corrected chi connectivity index (χ4v) is 2.95. The first-order valence-corrected chi connectivity index (χ1v) is 9.94. The number of thiocarbonyl (C=S) groups is 1. The molecule has 0 saturated carbocycles. The molecule has 11 heteroatoms. The first-order chi connectivity index (χ1) is 13.1. The number of rotatable bonds is 5. The summed E-state index contributed by atoms with van der Waals surface area (Å²) in [6.07, 6.45) is -1.14. The van der Waals surface area contributed by atoms with Crippen molar-refractivity contribution in [3.8, 4) is 5.75 Å². The van der Waals surface area contributed by atoms with Crippen molar-refractivity contribution in [3.05, 3.63) is 58.1 Å². The summed E-state index contributed by atoms with van der Waals surface area (Å²) in [5.41, 5.74) is 0.769. The van der Waals surface area contributed by atoms with Crippen molar-refractivity contribution >= 4 is 86.9 Å². The van der Waals surface area contributed by atoms with Gasteiger partial charge in [-0.05, 0) is 48.6 Å². The van der Waals surface area contributed by atoms with Crippen LogP contribution in [0.1, 0.15) is 10.4 Å². The van der Waals surface area contributed by atoms with Crippen LogP contribution in [0, 0.1) is 0 Å². The zero-order valence-corrected chi connectivity index (χ0v) is 18.8. The first-order valence-electron chi connectivity index (χ1n) is 7.64. The average molecular weight is 502 g/mol. The molecule has 0 fully saturated rings. The van der Waals surface area contributed by atoms with Gasteiger partial charge < -0.3 is 20.7 Å². The molecule has 0 radical (unpaired) electrons. The standard InChI is InChI=1S/C17H14Cl5N3O2S/c1-27-11-4-2-3-9(7-11)14(26)24-15(17(20,21)22)25-16(28)23-13-8-10(18)5-6-12(13)19/h2-8,15H,1H3,(H,24,26)(H2,23,25,28). The Bertz CT molecular complexity index is 876. The lowest BCUT2D eigenvalue weighted by atomic mass is 10.2. The molecule has 150 valence electrons. The molecule has 0 heterocycles. The van der Waals surface area contributed by atoms with Gasteiger partial charge in [0.15, 0.2) is 5.11 Å². The zero-order valence-electron chi connectivity index (χ0n) is 14.2. The molecule has 0 aliphatic heterocycles. The second-order valence-electron chi connectivity index (χ2n) is 5.40. The first kappa shape index (κ1) is 23.1. The van der Waals surface area contributed by atoms with Crippen LogP contribution >= 0.6 is 70.2 Å². The van der Waals surface area contributed by atoms with Crippen LogP contribution in [0.25, 0.3) is 0 Å². The molecule has 3 N–H and O–H groups in total. The molecule has 2 aromatic rings. The lowest BCUT2D eigenvalue weighted by Crippen LogP contribution is -2.56. The Morgan fingerprint density at radius 3 is 2.46 bits per heavy atom. The Balaban J connectivity index is 2.12. The third kappa shape index (κ3) is 6.72. The van der Waals surface area contributed by atoms with Crippen LogP contribution < -0.4 is 20.7 Å². The minimum Gasteiger partial charge on any atom is -0.497 e. The Morgan fingerprint density at radius 2 is 1.82 bits per heavy atom. The van der Waals surface area contributed by atoms with Crippen molar-refractivity contribution < 1.29 is 9.53 Å². The van der Waals surface area contributed by atoms with Gasteiger partial charge in [0.2, 0.25) is 3.79 Å². The third-order valence-electron chi connectivity index (χ3n) is 3.39. The van der Waals surface area contributed by atoms with E-state index in [2.05, 4.69) is 16.0 Å². The predicted molar refractivity (Wildman–Crippen MR) is 120 cm³/mol. The predicted octanol–water partition coefficient (Wildman–Crippen LogP) is 5.41. The van der Waals surface area contributed by atoms with Crippen LogP contribution in [0.2, 0.25) is 10.0 Å². The topological polar surface area (TPSA) is 62.4 Å². The highest BCUT2D eigenvalue weighted by Crippen LogP contribution is 2.30. The Kier molecular flexibility index (Phi) is 8.30. The minimum atomic E-state index is -1.90. The molecule has 0 aliphatic rings. The Hall–Kier alpha value is -1.15. The largest absolute Gasteiger partial charge is 0.497 e. The molecule has 1 amide bonds. The summed E-state index contributed by atoms with van der Waals surface area (Å²) in [6, 6.07) is 11.3. The molecule has 0 aliphatic carbocycles. The van der Waals surface area contributed by atoms with E-state index in [1.165, 1.54) is 7.11 Å². The van der Waals surface area contributed by atoms with Crippen molar-refractivity contribution in [2.75, 3.05) is 12.4 Å². The van der Waals surface area contributed by atoms with Gasteiger partial charge in [0.05, 0.1) is 17.8 Å². The lowest BCUT2D eigenvalue weighted by molar-refractivity contribution is 0.0934. The molecule has 0 spiro atoms. The second kappa shape index (κ2) is 10.1. The molecule has 5 nitrogen and oxygen atoms in total. The van der Waals surface area contributed by atoms with Gasteiger partial charge in [0.1, 0.15) is 11.9 Å². The van der Waals surface area contributed by atoms with Crippen molar-refractivity contribution in [3.63, 3.8) is 0 Å². The van der Waals surface area contributed by atoms with E-state index < -0.39 is 15.9 Å². The average Bonchev–Trinajstić information content (AvgIpc) is 2.63. The van der Waals surface area contributed by atoms with Gasteiger partial charge in [0, 0.05) is 10.6 Å². The quantitative estimate of drug-likeness (QED) is 0.290. The molecule has 2 rings (SSSR count). The van der Waals surface area contributed by atoms with Gasteiger partial charge in [-0.15, -0.1) is 0 Å². The number of carbonyl (C=O) groups is 1. The van der Waals surface area contributed by atoms with E-state index in [9.17, 15) is 4.79 Å². The van der Waals surface area contributed by atoms with Crippen LogP contribution in [0.5, 0.6) is 5.75 Å². The van der Waals surface area contributed by atoms with Gasteiger partial charge in [-0.3, -0.25) is 4.79 Å². The van der Waals surface area contributed by atoms with E-state index in [0.29, 0.717) is 27.0 Å². The molecule has 0 aromatic heterocycles. The molecule has 1 unspecified atom stereocenters. The maximum absolute atomic E-state index is 12.5. The van der Waals surface area contributed by atoms with Crippen LogP contribution in [0.3, 0.4) is 0 Å². The minimum absolute atomic E-state index is 0.0615. The summed E-state index contributed by atoms with van der Waals surface area (Å²) in [5, 5.41) is 9.07. The highest BCUT2D eigenvalue weighted by atomic mass is 35.6. The number of alkyl halides is 3. The Labute approximate surface area is 192 Å². The summed E-state index contributed by atoms with van der Waals surface area (Å²) < 4.78 is 3.20. The van der Waals surface area contributed by atoms with Crippen LogP contribution in [-0.2, 0) is 0 Å². The fourth-order valence-electron chi connectivity index (χ4n) is 2.06. The van der Waals surface area contributed by atoms with Crippen LogP contribution in [-0.4, -0.2) is 28.1 Å². The normalized spacial score (nSPS) is 12.1. The maximum Gasteiger partial charge on any atom is 0.253 e. The van der Waals surface area contributed by atoms with Crippen LogP contribution in [0.15, 0.2) is 42.5 Å². The van der Waals surface area contributed by atoms with Gasteiger partial charge in [-0.1, -0.05) is 64.1 Å². The molecular weight excluding hydrogens is 488 g/mol. The van der Waals surface area contributed by atoms with Crippen molar-refractivity contribution in [2.24, 2.45) is 0 Å². The highest BCUT2D eigenvalue weighted by Gasteiger charge is 2.35. The summed E-state index contributed by atoms with van der Waals surface area (Å²) in [6.45, 7) is 0. The van der Waals surface area contributed by atoms with Crippen molar-refractivity contribution in [2.45, 2.75) is 9.96 Å². The number of ether oxygens (including phenoxy) is 1. The van der Waals surface area contributed by atoms with Gasteiger partial charge in [-0.2, -0.15) is 0 Å². The summed E-state index contributed by atoms with van der Waals surface area (Å²) >= 11 is 35.2. The number of methoxy groups -OCH3 is 1. The smallest absolute Gasteiger partial charge is 0.253 e. The van der Waals surface area contributed by atoms with E-state index in [-0.39, 0.29) is 5.11 Å². The molecule has 0 bridgehead atoms. The van der Waals surface area contributed by atoms with Gasteiger partial charge in [-0.25, -0.2) is 0 Å². The van der Waals surface area contributed by atoms with E-state index in [1.54, 1.807) is 42.5 Å². The number of carbonyl (C=O) groups excluding carboxylic acids is 1. The number of benzene rings is 2. The SMILES string of the molecule is COc1cccc(C(=O)NC(NC(=S)Nc2cc(Cl)ccc2Cl)C(Cl)(Cl)Cl)c1. The van der Waals surface area contributed by atoms with Crippen molar-refractivity contribution in [1.29, 1.82) is 0 Å². The molecular formula is C17H14Cl5N3O2S. The van der Waals surface area contributed by atoms with E-state index in [0.717, 1.165) is 0 Å². The number of halogens is 5. The fraction of sp³-hybridized carbons (Fsp3) is 0.176. The number of hydrogen-bond donors (Lipinski definition) is 3. The number of anilines is 1. The molecule has 0 saturated heterocycles. The summed E-state index contributed by atoms with van der Waals surface area (Å²) in [7, 11) is 1.49. The zero-order chi connectivity index (χ0) is 20.9. The number of hydrogen-bond acceptors (Lipinski definition) is 3. The highest BCUT2D eigenvalue weighted by molar-refractivity contribution is 7.80. The summed E-state index contributed by atoms with van der Waals surface area (Å²) in [5.74, 6) is 0.0186. The van der Waals surface area contributed by atoms with Gasteiger partial charge >= 0.3 is 0 Å². The van der Waals surface area contributed by atoms with E-state index >= 15 is 0 Å². The third-order valence-corrected chi connectivity index (χ3v) is 4.83. The molecule has 1 atom stereocenters. The number of amides is 1. The summed E-state index contributed by atoms with van der Waals surface area (Å²) in [4.78, 5) is 12.5. The van der Waals surface area contributed by atoms with E-state index in [1.807, 2.05) is 0 Å². The van der Waals surface area contributed by atoms with E-state index in [4.69, 9.17) is 75.0 Å². The van der Waals surface area contributed by atoms with Gasteiger partial charge in [0.25, 0.3) is 5.91 Å². The molecule has 2 aromatic carbocycles. The number of nitrogens with one attached hydrogen (secondary N) is 3. The lowest BCUT2D eigenvalue weighted by Gasteiger charge is -2.28. The second-order valence-corrected chi connectivity index (χ2v) is 9.02. The Morgan fingerprint density at radius 1 is 1.11 bits per heavy atom. The maximum atomic E-state index is 12.5. The van der Waals surface area contributed by atoms with Crippen molar-refractivity contribution in [1.82, 2.24) is 10.6 Å². The van der Waals surface area contributed by atoms with Crippen LogP contribution in [0.4, 0.5) is 5.69 Å². The molecule has 28 heavy (non-hydrogen) atoms.